The topological polar surface area (TPSA) is 45.2 Å². The lowest BCUT2D eigenvalue weighted by atomic mass is 10.5. The molecule has 1 N–H and O–H groups in total. The zero-order chi connectivity index (χ0) is 8.39. The molecule has 5 heteroatoms. The van der Waals surface area contributed by atoms with Gasteiger partial charge in [0.15, 0.2) is 5.13 Å². The SMILES string of the molecule is O=C1NCC=CN1c1nccs1. The van der Waals surface area contributed by atoms with E-state index in [-0.39, 0.29) is 6.03 Å². The van der Waals surface area contributed by atoms with Gasteiger partial charge in [-0.05, 0) is 6.08 Å². The average Bonchev–Trinajstić information content (AvgIpc) is 2.57. The molecule has 62 valence electrons. The summed E-state index contributed by atoms with van der Waals surface area (Å²) in [5.74, 6) is 0. The van der Waals surface area contributed by atoms with E-state index in [0.717, 1.165) is 0 Å². The molecule has 0 unspecified atom stereocenters. The first-order valence-corrected chi connectivity index (χ1v) is 4.39. The van der Waals surface area contributed by atoms with Crippen LogP contribution in [0.25, 0.3) is 0 Å². The monoisotopic (exact) mass is 181 g/mol. The van der Waals surface area contributed by atoms with Crippen molar-refractivity contribution in [2.24, 2.45) is 0 Å². The molecule has 2 amide bonds. The summed E-state index contributed by atoms with van der Waals surface area (Å²) >= 11 is 1.44. The highest BCUT2D eigenvalue weighted by atomic mass is 32.1. The maximum atomic E-state index is 11.2. The molecule has 0 bridgehead atoms. The molecule has 0 aromatic carbocycles. The molecule has 1 aliphatic heterocycles. The fraction of sp³-hybridized carbons (Fsp3) is 0.143. The molecule has 2 heterocycles. The predicted molar refractivity (Wildman–Crippen MR) is 47.1 cm³/mol. The van der Waals surface area contributed by atoms with Crippen molar-refractivity contribution >= 4 is 22.5 Å². The summed E-state index contributed by atoms with van der Waals surface area (Å²) in [6, 6.07) is -0.118. The van der Waals surface area contributed by atoms with Crippen LogP contribution in [0.1, 0.15) is 0 Å². The van der Waals surface area contributed by atoms with Crippen LogP contribution in [0.2, 0.25) is 0 Å². The highest BCUT2D eigenvalue weighted by molar-refractivity contribution is 7.13. The van der Waals surface area contributed by atoms with E-state index < -0.39 is 0 Å². The minimum Gasteiger partial charge on any atom is -0.334 e. The maximum Gasteiger partial charge on any atom is 0.328 e. The third-order valence-electron chi connectivity index (χ3n) is 1.47. The van der Waals surface area contributed by atoms with E-state index in [1.807, 2.05) is 11.5 Å². The van der Waals surface area contributed by atoms with E-state index in [1.54, 1.807) is 12.4 Å². The van der Waals surface area contributed by atoms with Crippen molar-refractivity contribution < 1.29 is 4.79 Å². The number of hydrogen-bond donors (Lipinski definition) is 1. The summed E-state index contributed by atoms with van der Waals surface area (Å²) in [6.07, 6.45) is 5.29. The number of nitrogens with zero attached hydrogens (tertiary/aromatic N) is 2. The molecule has 0 saturated carbocycles. The zero-order valence-corrected chi connectivity index (χ0v) is 7.04. The Bertz CT molecular complexity index is 306. The van der Waals surface area contributed by atoms with Crippen LogP contribution in [0.3, 0.4) is 0 Å². The highest BCUT2D eigenvalue weighted by Gasteiger charge is 2.16. The first kappa shape index (κ1) is 7.30. The third kappa shape index (κ3) is 1.18. The van der Waals surface area contributed by atoms with Gasteiger partial charge in [0.2, 0.25) is 0 Å². The number of aromatic nitrogens is 1. The standard InChI is InChI=1S/C7H7N3OS/c11-6-8-2-1-4-10(6)7-9-3-5-12-7/h1,3-5H,2H2,(H,8,11). The lowest BCUT2D eigenvalue weighted by Gasteiger charge is -2.18. The summed E-state index contributed by atoms with van der Waals surface area (Å²) in [4.78, 5) is 16.7. The summed E-state index contributed by atoms with van der Waals surface area (Å²) in [7, 11) is 0. The van der Waals surface area contributed by atoms with Crippen molar-refractivity contribution in [1.29, 1.82) is 0 Å². The molecule has 0 radical (unpaired) electrons. The fourth-order valence-corrected chi connectivity index (χ4v) is 1.57. The van der Waals surface area contributed by atoms with Crippen molar-refractivity contribution in [3.05, 3.63) is 23.9 Å². The Hall–Kier alpha value is -1.36. The Morgan fingerprint density at radius 2 is 2.58 bits per heavy atom. The number of urea groups is 1. The summed E-state index contributed by atoms with van der Waals surface area (Å²) in [5, 5.41) is 5.22. The van der Waals surface area contributed by atoms with E-state index >= 15 is 0 Å². The van der Waals surface area contributed by atoms with Crippen molar-refractivity contribution in [1.82, 2.24) is 10.3 Å². The largest absolute Gasteiger partial charge is 0.334 e. The quantitative estimate of drug-likeness (QED) is 0.707. The second kappa shape index (κ2) is 2.94. The van der Waals surface area contributed by atoms with Crippen LogP contribution >= 0.6 is 11.3 Å². The molecule has 1 aliphatic rings. The number of thiazole rings is 1. The molecule has 0 aliphatic carbocycles. The normalized spacial score (nSPS) is 16.3. The van der Waals surface area contributed by atoms with E-state index in [0.29, 0.717) is 11.7 Å². The molecule has 0 fully saturated rings. The number of amides is 2. The Morgan fingerprint density at radius 3 is 3.25 bits per heavy atom. The van der Waals surface area contributed by atoms with Crippen LogP contribution in [0.5, 0.6) is 0 Å². The van der Waals surface area contributed by atoms with Gasteiger partial charge < -0.3 is 5.32 Å². The van der Waals surface area contributed by atoms with E-state index in [1.165, 1.54) is 16.2 Å². The minimum atomic E-state index is -0.118. The lowest BCUT2D eigenvalue weighted by Crippen LogP contribution is -2.39. The number of hydrogen-bond acceptors (Lipinski definition) is 3. The van der Waals surface area contributed by atoms with Gasteiger partial charge in [-0.25, -0.2) is 14.7 Å². The van der Waals surface area contributed by atoms with Gasteiger partial charge in [-0.2, -0.15) is 0 Å². The van der Waals surface area contributed by atoms with E-state index in [4.69, 9.17) is 0 Å². The zero-order valence-electron chi connectivity index (χ0n) is 6.23. The Balaban J connectivity index is 2.28. The van der Waals surface area contributed by atoms with Crippen molar-refractivity contribution in [3.8, 4) is 0 Å². The van der Waals surface area contributed by atoms with Gasteiger partial charge >= 0.3 is 6.03 Å². The van der Waals surface area contributed by atoms with Crippen molar-refractivity contribution in [3.63, 3.8) is 0 Å². The second-order valence-electron chi connectivity index (χ2n) is 2.26. The molecule has 12 heavy (non-hydrogen) atoms. The summed E-state index contributed by atoms with van der Waals surface area (Å²) in [6.45, 7) is 0.598. The first-order chi connectivity index (χ1) is 5.88. The van der Waals surface area contributed by atoms with Gasteiger partial charge in [-0.3, -0.25) is 0 Å². The molecule has 1 aromatic heterocycles. The van der Waals surface area contributed by atoms with Crippen LogP contribution < -0.4 is 10.2 Å². The molecule has 0 atom stereocenters. The van der Waals surface area contributed by atoms with Crippen LogP contribution in [-0.4, -0.2) is 17.6 Å². The smallest absolute Gasteiger partial charge is 0.328 e. The maximum absolute atomic E-state index is 11.2. The molecule has 0 saturated heterocycles. The van der Waals surface area contributed by atoms with Gasteiger partial charge in [-0.15, -0.1) is 11.3 Å². The minimum absolute atomic E-state index is 0.118. The van der Waals surface area contributed by atoms with Crippen molar-refractivity contribution in [2.75, 3.05) is 11.4 Å². The second-order valence-corrected chi connectivity index (χ2v) is 3.13. The highest BCUT2D eigenvalue weighted by Crippen LogP contribution is 2.18. The van der Waals surface area contributed by atoms with Gasteiger partial charge in [-0.1, -0.05) is 0 Å². The molecule has 4 nitrogen and oxygen atoms in total. The van der Waals surface area contributed by atoms with Crippen LogP contribution in [0, 0.1) is 0 Å². The first-order valence-electron chi connectivity index (χ1n) is 3.51. The Labute approximate surface area is 73.5 Å². The third-order valence-corrected chi connectivity index (χ3v) is 2.24. The number of carbonyl (C=O) groups is 1. The van der Waals surface area contributed by atoms with E-state index in [2.05, 4.69) is 10.3 Å². The van der Waals surface area contributed by atoms with Gasteiger partial charge in [0.05, 0.1) is 0 Å². The van der Waals surface area contributed by atoms with Gasteiger partial charge in [0.1, 0.15) is 0 Å². The number of anilines is 1. The van der Waals surface area contributed by atoms with Crippen LogP contribution in [-0.2, 0) is 0 Å². The molecule has 0 spiro atoms. The Morgan fingerprint density at radius 1 is 1.67 bits per heavy atom. The molecule has 2 rings (SSSR count). The number of nitrogens with one attached hydrogen (secondary N) is 1. The number of carbonyl (C=O) groups excluding carboxylic acids is 1. The molecular formula is C7H7N3OS. The summed E-state index contributed by atoms with van der Waals surface area (Å²) < 4.78 is 0. The predicted octanol–water partition coefficient (Wildman–Crippen LogP) is 1.19. The fourth-order valence-electron chi connectivity index (χ4n) is 0.943. The van der Waals surface area contributed by atoms with Crippen LogP contribution in [0.15, 0.2) is 23.9 Å². The molecule has 1 aromatic rings. The van der Waals surface area contributed by atoms with Gasteiger partial charge in [0.25, 0.3) is 0 Å². The Kier molecular flexibility index (Phi) is 1.79. The number of rotatable bonds is 1. The van der Waals surface area contributed by atoms with E-state index in [9.17, 15) is 4.79 Å². The molecular weight excluding hydrogens is 174 g/mol. The average molecular weight is 181 g/mol. The lowest BCUT2D eigenvalue weighted by molar-refractivity contribution is 0.248. The summed E-state index contributed by atoms with van der Waals surface area (Å²) in [5.41, 5.74) is 0. The van der Waals surface area contributed by atoms with Crippen LogP contribution in [0.4, 0.5) is 9.93 Å². The van der Waals surface area contributed by atoms with Crippen molar-refractivity contribution in [2.45, 2.75) is 0 Å². The van der Waals surface area contributed by atoms with Gasteiger partial charge in [0, 0.05) is 24.3 Å².